The Bertz CT molecular complexity index is 581. The van der Waals surface area contributed by atoms with Crippen LogP contribution in [0.1, 0.15) is 61.3 Å². The van der Waals surface area contributed by atoms with Gasteiger partial charge in [0.15, 0.2) is 6.10 Å². The molecular weight excluding hydrogens is 350 g/mol. The maximum absolute atomic E-state index is 12.3. The number of hydrogen-bond acceptors (Lipinski definition) is 5. The molecule has 1 heterocycles. The smallest absolute Gasteiger partial charge is 0.321 e. The average molecular weight is 383 g/mol. The molecule has 1 aliphatic rings. The molecule has 1 atom stereocenters. The molecule has 2 N–H and O–H groups in total. The number of carbonyl (C=O) groups excluding carboxylic acids is 4. The van der Waals surface area contributed by atoms with Gasteiger partial charge >= 0.3 is 12.0 Å². The number of nitrogens with zero attached hydrogens (tertiary/aromatic N) is 1. The number of ether oxygens (including phenoxy) is 1. The van der Waals surface area contributed by atoms with Gasteiger partial charge in [0.1, 0.15) is 0 Å². The van der Waals surface area contributed by atoms with E-state index in [9.17, 15) is 19.2 Å². The third kappa shape index (κ3) is 7.56. The van der Waals surface area contributed by atoms with E-state index < -0.39 is 35.0 Å². The minimum atomic E-state index is -1.07. The number of rotatable bonds is 3. The fourth-order valence-electron chi connectivity index (χ4n) is 2.70. The molecule has 0 radical (unpaired) electrons. The number of esters is 1. The summed E-state index contributed by atoms with van der Waals surface area (Å²) in [6.07, 6.45) is -0.0728. The molecule has 0 bridgehead atoms. The van der Waals surface area contributed by atoms with Crippen molar-refractivity contribution in [2.24, 2.45) is 11.3 Å². The number of nitrogens with one attached hydrogen (secondary N) is 2. The molecule has 4 amide bonds. The highest BCUT2D eigenvalue weighted by Crippen LogP contribution is 2.24. The molecule has 0 unspecified atom stereocenters. The van der Waals surface area contributed by atoms with Crippen molar-refractivity contribution in [2.75, 3.05) is 13.1 Å². The SMILES string of the molecule is C[C@@H](OC(=O)C1CCN(C(=O)C(C)(C)C)CC1)C(=O)NC(=O)NC(C)(C)C. The van der Waals surface area contributed by atoms with Gasteiger partial charge in [0.05, 0.1) is 5.92 Å². The van der Waals surface area contributed by atoms with Crippen LogP contribution in [-0.2, 0) is 19.1 Å². The summed E-state index contributed by atoms with van der Waals surface area (Å²) in [7, 11) is 0. The highest BCUT2D eigenvalue weighted by Gasteiger charge is 2.34. The van der Waals surface area contributed by atoms with E-state index in [0.717, 1.165) is 0 Å². The Labute approximate surface area is 161 Å². The molecule has 0 aromatic rings. The summed E-state index contributed by atoms with van der Waals surface area (Å²) < 4.78 is 5.21. The minimum Gasteiger partial charge on any atom is -0.452 e. The lowest BCUT2D eigenvalue weighted by Gasteiger charge is -2.35. The van der Waals surface area contributed by atoms with E-state index >= 15 is 0 Å². The maximum Gasteiger partial charge on any atom is 0.321 e. The van der Waals surface area contributed by atoms with E-state index in [1.54, 1.807) is 25.7 Å². The van der Waals surface area contributed by atoms with E-state index in [4.69, 9.17) is 4.74 Å². The van der Waals surface area contributed by atoms with Gasteiger partial charge in [0.25, 0.3) is 5.91 Å². The second kappa shape index (κ2) is 8.71. The van der Waals surface area contributed by atoms with Crippen molar-refractivity contribution in [3.8, 4) is 0 Å². The second-order valence-electron chi connectivity index (χ2n) is 9.09. The first-order valence-electron chi connectivity index (χ1n) is 9.33. The zero-order valence-corrected chi connectivity index (χ0v) is 17.5. The molecule has 0 spiro atoms. The first-order chi connectivity index (χ1) is 12.2. The van der Waals surface area contributed by atoms with Crippen molar-refractivity contribution in [3.63, 3.8) is 0 Å². The van der Waals surface area contributed by atoms with Gasteiger partial charge in [-0.1, -0.05) is 20.8 Å². The number of piperidine rings is 1. The number of imide groups is 1. The van der Waals surface area contributed by atoms with Gasteiger partial charge in [-0.05, 0) is 40.5 Å². The van der Waals surface area contributed by atoms with Crippen LogP contribution >= 0.6 is 0 Å². The first-order valence-corrected chi connectivity index (χ1v) is 9.33. The zero-order chi connectivity index (χ0) is 21.0. The molecule has 1 saturated heterocycles. The average Bonchev–Trinajstić information content (AvgIpc) is 2.51. The Balaban J connectivity index is 2.47. The van der Waals surface area contributed by atoms with Gasteiger partial charge in [-0.3, -0.25) is 19.7 Å². The molecule has 0 aromatic heterocycles. The lowest BCUT2D eigenvalue weighted by Crippen LogP contribution is -2.51. The molecule has 154 valence electrons. The molecule has 1 aliphatic heterocycles. The van der Waals surface area contributed by atoms with Gasteiger partial charge in [-0.15, -0.1) is 0 Å². The monoisotopic (exact) mass is 383 g/mol. The predicted octanol–water partition coefficient (Wildman–Crippen LogP) is 1.83. The molecule has 0 saturated carbocycles. The summed E-state index contributed by atoms with van der Waals surface area (Å²) >= 11 is 0. The summed E-state index contributed by atoms with van der Waals surface area (Å²) in [5, 5.41) is 4.76. The number of carbonyl (C=O) groups is 4. The zero-order valence-electron chi connectivity index (χ0n) is 17.5. The van der Waals surface area contributed by atoms with Crippen LogP contribution in [0.3, 0.4) is 0 Å². The lowest BCUT2D eigenvalue weighted by atomic mass is 9.91. The van der Waals surface area contributed by atoms with Gasteiger partial charge in [-0.25, -0.2) is 4.79 Å². The number of hydrogen-bond donors (Lipinski definition) is 2. The van der Waals surface area contributed by atoms with Gasteiger partial charge in [0.2, 0.25) is 5.91 Å². The molecule has 27 heavy (non-hydrogen) atoms. The van der Waals surface area contributed by atoms with Crippen LogP contribution in [0, 0.1) is 11.3 Å². The minimum absolute atomic E-state index is 0.0620. The van der Waals surface area contributed by atoms with Crippen LogP contribution in [0.25, 0.3) is 0 Å². The Hall–Kier alpha value is -2.12. The van der Waals surface area contributed by atoms with Crippen molar-refractivity contribution >= 4 is 23.8 Å². The number of urea groups is 1. The van der Waals surface area contributed by atoms with Gasteiger partial charge in [0, 0.05) is 24.0 Å². The first kappa shape index (κ1) is 22.9. The van der Waals surface area contributed by atoms with Crippen LogP contribution in [0.2, 0.25) is 0 Å². The summed E-state index contributed by atoms with van der Waals surface area (Å²) in [5.74, 6) is -1.44. The van der Waals surface area contributed by atoms with Crippen molar-refractivity contribution in [3.05, 3.63) is 0 Å². The van der Waals surface area contributed by atoms with E-state index in [2.05, 4.69) is 10.6 Å². The molecule has 1 rings (SSSR count). The predicted molar refractivity (Wildman–Crippen MR) is 101 cm³/mol. The van der Waals surface area contributed by atoms with Crippen molar-refractivity contribution in [2.45, 2.75) is 73.0 Å². The molecular formula is C19H33N3O5. The number of amides is 4. The highest BCUT2D eigenvalue weighted by molar-refractivity contribution is 5.97. The Kier molecular flexibility index (Phi) is 7.40. The van der Waals surface area contributed by atoms with Gasteiger partial charge < -0.3 is 15.0 Å². The lowest BCUT2D eigenvalue weighted by molar-refractivity contribution is -0.161. The molecule has 1 fully saturated rings. The van der Waals surface area contributed by atoms with E-state index in [1.165, 1.54) is 6.92 Å². The van der Waals surface area contributed by atoms with E-state index in [-0.39, 0.29) is 11.8 Å². The van der Waals surface area contributed by atoms with Crippen LogP contribution in [0.15, 0.2) is 0 Å². The van der Waals surface area contributed by atoms with Crippen LogP contribution in [0.5, 0.6) is 0 Å². The fraction of sp³-hybridized carbons (Fsp3) is 0.789. The summed E-state index contributed by atoms with van der Waals surface area (Å²) in [6, 6.07) is -0.635. The second-order valence-corrected chi connectivity index (χ2v) is 9.09. The summed E-state index contributed by atoms with van der Waals surface area (Å²) in [5.41, 5.74) is -0.934. The van der Waals surface area contributed by atoms with Crippen molar-refractivity contribution in [1.82, 2.24) is 15.5 Å². The molecule has 8 nitrogen and oxygen atoms in total. The summed E-state index contributed by atoms with van der Waals surface area (Å²) in [4.78, 5) is 50.1. The Morgan fingerprint density at radius 1 is 1.00 bits per heavy atom. The maximum atomic E-state index is 12.3. The van der Waals surface area contributed by atoms with Crippen LogP contribution in [0.4, 0.5) is 4.79 Å². The quantitative estimate of drug-likeness (QED) is 0.724. The number of likely N-dealkylation sites (tertiary alicyclic amines) is 1. The standard InChI is InChI=1S/C19H33N3O5/c1-12(14(23)20-17(26)21-19(5,6)7)27-15(24)13-8-10-22(11-9-13)16(25)18(2,3)4/h12-13H,8-11H2,1-7H3,(H2,20,21,23,26)/t12-/m1/s1. The molecule has 0 aromatic carbocycles. The third-order valence-corrected chi connectivity index (χ3v) is 4.14. The van der Waals surface area contributed by atoms with Gasteiger partial charge in [-0.2, -0.15) is 0 Å². The molecule has 0 aliphatic carbocycles. The van der Waals surface area contributed by atoms with Crippen molar-refractivity contribution < 1.29 is 23.9 Å². The fourth-order valence-corrected chi connectivity index (χ4v) is 2.70. The van der Waals surface area contributed by atoms with Crippen LogP contribution in [-0.4, -0.2) is 53.4 Å². The highest BCUT2D eigenvalue weighted by atomic mass is 16.5. The third-order valence-electron chi connectivity index (χ3n) is 4.14. The Morgan fingerprint density at radius 3 is 1.96 bits per heavy atom. The largest absolute Gasteiger partial charge is 0.452 e. The topological polar surface area (TPSA) is 105 Å². The van der Waals surface area contributed by atoms with Crippen LogP contribution < -0.4 is 10.6 Å². The van der Waals surface area contributed by atoms with E-state index in [0.29, 0.717) is 25.9 Å². The summed E-state index contributed by atoms with van der Waals surface area (Å²) in [6.45, 7) is 13.4. The van der Waals surface area contributed by atoms with E-state index in [1.807, 2.05) is 20.8 Å². The molecule has 8 heteroatoms. The van der Waals surface area contributed by atoms with Crippen molar-refractivity contribution in [1.29, 1.82) is 0 Å². The normalized spacial score (nSPS) is 17.1. The Morgan fingerprint density at radius 2 is 1.52 bits per heavy atom.